The number of nitrogens with zero attached hydrogens (tertiary/aromatic N) is 1. The normalized spacial score (nSPS) is 16.8. The van der Waals surface area contributed by atoms with Gasteiger partial charge in [-0.05, 0) is 12.1 Å². The molecule has 1 saturated heterocycles. The molecule has 0 unspecified atom stereocenters. The van der Waals surface area contributed by atoms with Gasteiger partial charge in [0.2, 0.25) is 5.91 Å². The number of fused-ring (bicyclic) bond motifs is 1. The van der Waals surface area contributed by atoms with Crippen molar-refractivity contribution in [3.63, 3.8) is 0 Å². The van der Waals surface area contributed by atoms with Crippen LogP contribution in [0, 0.1) is 0 Å². The van der Waals surface area contributed by atoms with Crippen LogP contribution in [0.5, 0.6) is 0 Å². The van der Waals surface area contributed by atoms with E-state index >= 15 is 0 Å². The predicted octanol–water partition coefficient (Wildman–Crippen LogP) is 2.50. The summed E-state index contributed by atoms with van der Waals surface area (Å²) >= 11 is 12.0. The maximum atomic E-state index is 12.3. The van der Waals surface area contributed by atoms with Gasteiger partial charge in [0.05, 0.1) is 37.4 Å². The van der Waals surface area contributed by atoms with Gasteiger partial charge in [0.1, 0.15) is 10.6 Å². The fourth-order valence-corrected chi connectivity index (χ4v) is 3.06. The van der Waals surface area contributed by atoms with Crippen LogP contribution in [0.3, 0.4) is 0 Å². The van der Waals surface area contributed by atoms with E-state index in [2.05, 4.69) is 0 Å². The molecule has 7 heteroatoms. The van der Waals surface area contributed by atoms with E-state index in [1.54, 1.807) is 17.0 Å². The third-order valence-corrected chi connectivity index (χ3v) is 4.58. The molecule has 1 aliphatic rings. The maximum absolute atomic E-state index is 12.3. The molecule has 0 atom stereocenters. The summed E-state index contributed by atoms with van der Waals surface area (Å²) in [6.07, 6.45) is 1.71. The number of methoxy groups -OCH3 is 1. The molecule has 2 heterocycles. The smallest absolute Gasteiger partial charge is 0.227 e. The van der Waals surface area contributed by atoms with Crippen LogP contribution < -0.4 is 0 Å². The van der Waals surface area contributed by atoms with Crippen molar-refractivity contribution < 1.29 is 19.1 Å². The van der Waals surface area contributed by atoms with Gasteiger partial charge in [-0.1, -0.05) is 23.2 Å². The zero-order chi connectivity index (χ0) is 15.9. The number of hydrogen-bond acceptors (Lipinski definition) is 4. The van der Waals surface area contributed by atoms with Gasteiger partial charge in [-0.2, -0.15) is 0 Å². The minimum atomic E-state index is -0.931. The Hall–Kier alpha value is -1.27. The molecule has 1 amide bonds. The van der Waals surface area contributed by atoms with E-state index < -0.39 is 5.60 Å². The number of amides is 1. The molecule has 1 N–H and O–H groups in total. The first-order valence-corrected chi connectivity index (χ1v) is 7.52. The topological polar surface area (TPSA) is 62.9 Å². The van der Waals surface area contributed by atoms with Crippen molar-refractivity contribution in [3.05, 3.63) is 34.0 Å². The highest BCUT2D eigenvalue weighted by atomic mass is 35.5. The molecule has 0 radical (unpaired) electrons. The van der Waals surface area contributed by atoms with Crippen LogP contribution in [-0.2, 0) is 16.0 Å². The summed E-state index contributed by atoms with van der Waals surface area (Å²) < 4.78 is 10.4. The van der Waals surface area contributed by atoms with E-state index in [0.717, 1.165) is 10.9 Å². The summed E-state index contributed by atoms with van der Waals surface area (Å²) in [6.45, 7) is 0.781. The average Bonchev–Trinajstić information content (AvgIpc) is 2.84. The van der Waals surface area contributed by atoms with E-state index in [0.29, 0.717) is 15.6 Å². The Kier molecular flexibility index (Phi) is 4.07. The first-order valence-electron chi connectivity index (χ1n) is 6.77. The molecule has 1 aromatic heterocycles. The van der Waals surface area contributed by atoms with Crippen molar-refractivity contribution in [2.24, 2.45) is 0 Å². The van der Waals surface area contributed by atoms with Gasteiger partial charge < -0.3 is 19.2 Å². The lowest BCUT2D eigenvalue weighted by molar-refractivity contribution is -0.164. The van der Waals surface area contributed by atoms with Crippen LogP contribution in [0.2, 0.25) is 10.0 Å². The highest BCUT2D eigenvalue weighted by molar-refractivity contribution is 6.44. The number of carbonyl (C=O) groups is 1. The second-order valence-corrected chi connectivity index (χ2v) is 6.37. The van der Waals surface area contributed by atoms with Crippen LogP contribution in [0.4, 0.5) is 0 Å². The monoisotopic (exact) mass is 343 g/mol. The van der Waals surface area contributed by atoms with Crippen molar-refractivity contribution in [1.29, 1.82) is 0 Å². The number of β-amino-alcohol motifs (C(OH)–C–C–N with tert-alkyl or cyclic N) is 1. The molecule has 1 aliphatic heterocycles. The summed E-state index contributed by atoms with van der Waals surface area (Å²) in [7, 11) is 1.52. The Morgan fingerprint density at radius 2 is 2.18 bits per heavy atom. The Morgan fingerprint density at radius 1 is 1.45 bits per heavy atom. The van der Waals surface area contributed by atoms with Crippen molar-refractivity contribution in [2.75, 3.05) is 26.8 Å². The van der Waals surface area contributed by atoms with E-state index in [1.165, 1.54) is 13.4 Å². The van der Waals surface area contributed by atoms with E-state index in [4.69, 9.17) is 32.4 Å². The van der Waals surface area contributed by atoms with E-state index in [1.807, 2.05) is 0 Å². The minimum absolute atomic E-state index is 0.0745. The average molecular weight is 344 g/mol. The highest BCUT2D eigenvalue weighted by Gasteiger charge is 2.43. The number of rotatable bonds is 4. The fraction of sp³-hybridized carbons (Fsp3) is 0.400. The number of carbonyl (C=O) groups excluding carboxylic acids is 1. The summed E-state index contributed by atoms with van der Waals surface area (Å²) in [5, 5.41) is 11.6. The van der Waals surface area contributed by atoms with Crippen LogP contribution >= 0.6 is 23.2 Å². The van der Waals surface area contributed by atoms with E-state index in [9.17, 15) is 9.90 Å². The highest BCUT2D eigenvalue weighted by Crippen LogP contribution is 2.34. The Morgan fingerprint density at radius 3 is 2.86 bits per heavy atom. The number of furan rings is 1. The molecule has 2 aromatic rings. The molecule has 22 heavy (non-hydrogen) atoms. The molecular weight excluding hydrogens is 329 g/mol. The zero-order valence-corrected chi connectivity index (χ0v) is 13.4. The van der Waals surface area contributed by atoms with Crippen LogP contribution in [0.15, 0.2) is 22.8 Å². The third kappa shape index (κ3) is 2.70. The molecule has 5 nitrogen and oxygen atoms in total. The summed E-state index contributed by atoms with van der Waals surface area (Å²) in [5.74, 6) is -0.0745. The summed E-state index contributed by atoms with van der Waals surface area (Å²) in [4.78, 5) is 13.8. The lowest BCUT2D eigenvalue weighted by atomic mass is 9.94. The van der Waals surface area contributed by atoms with Gasteiger partial charge >= 0.3 is 0 Å². The van der Waals surface area contributed by atoms with Crippen LogP contribution in [0.1, 0.15) is 5.56 Å². The largest absolute Gasteiger partial charge is 0.462 e. The standard InChI is InChI=1S/C15H15Cl2NO4/c1-21-8-15(20)6-18(7-15)12(19)4-9-5-22-14-10(9)2-3-11(16)13(14)17/h2-3,5,20H,4,6-8H2,1H3. The zero-order valence-electron chi connectivity index (χ0n) is 11.9. The quantitative estimate of drug-likeness (QED) is 0.926. The van der Waals surface area contributed by atoms with Gasteiger partial charge in [0.25, 0.3) is 0 Å². The first-order chi connectivity index (χ1) is 10.4. The lowest BCUT2D eigenvalue weighted by Crippen LogP contribution is -2.65. The van der Waals surface area contributed by atoms with Crippen molar-refractivity contribution in [1.82, 2.24) is 4.90 Å². The number of likely N-dealkylation sites (tertiary alicyclic amines) is 1. The van der Waals surface area contributed by atoms with Crippen LogP contribution in [0.25, 0.3) is 11.0 Å². The van der Waals surface area contributed by atoms with Gasteiger partial charge in [0, 0.05) is 18.1 Å². The molecule has 0 bridgehead atoms. The number of aliphatic hydroxyl groups is 1. The molecule has 1 fully saturated rings. The Balaban J connectivity index is 1.72. The second-order valence-electron chi connectivity index (χ2n) is 5.58. The number of benzene rings is 1. The van der Waals surface area contributed by atoms with Crippen molar-refractivity contribution in [3.8, 4) is 0 Å². The SMILES string of the molecule is COCC1(O)CN(C(=O)Cc2coc3c(Cl)c(Cl)ccc23)C1. The molecule has 0 aliphatic carbocycles. The number of ether oxygens (including phenoxy) is 1. The molecule has 1 aromatic carbocycles. The van der Waals surface area contributed by atoms with Gasteiger partial charge in [-0.15, -0.1) is 0 Å². The maximum Gasteiger partial charge on any atom is 0.227 e. The Labute approximate surface area is 137 Å². The van der Waals surface area contributed by atoms with Gasteiger partial charge in [-0.25, -0.2) is 0 Å². The molecule has 0 spiro atoms. The van der Waals surface area contributed by atoms with Crippen LogP contribution in [-0.4, -0.2) is 48.3 Å². The second kappa shape index (κ2) is 5.74. The summed E-state index contributed by atoms with van der Waals surface area (Å²) in [6, 6.07) is 3.46. The number of hydrogen-bond donors (Lipinski definition) is 1. The molecular formula is C15H15Cl2NO4. The van der Waals surface area contributed by atoms with Crippen molar-refractivity contribution in [2.45, 2.75) is 12.0 Å². The summed E-state index contributed by atoms with van der Waals surface area (Å²) in [5.41, 5.74) is 0.303. The van der Waals surface area contributed by atoms with Gasteiger partial charge in [0.15, 0.2) is 5.58 Å². The third-order valence-electron chi connectivity index (χ3n) is 3.79. The molecule has 3 rings (SSSR count). The fourth-order valence-electron chi connectivity index (χ4n) is 2.71. The molecule has 0 saturated carbocycles. The number of halogens is 2. The minimum Gasteiger partial charge on any atom is -0.462 e. The van der Waals surface area contributed by atoms with Gasteiger partial charge in [-0.3, -0.25) is 4.79 Å². The predicted molar refractivity (Wildman–Crippen MR) is 83.3 cm³/mol. The van der Waals surface area contributed by atoms with Crippen molar-refractivity contribution >= 4 is 40.1 Å². The lowest BCUT2D eigenvalue weighted by Gasteiger charge is -2.46. The first kappa shape index (κ1) is 15.6. The molecule has 118 valence electrons. The van der Waals surface area contributed by atoms with E-state index in [-0.39, 0.29) is 32.0 Å². The Bertz CT molecular complexity index is 722.